The smallest absolute Gasteiger partial charge is 0.424 e. The molecule has 92 valence electrons. The van der Waals surface area contributed by atoms with Crippen LogP contribution >= 0.6 is 0 Å². The van der Waals surface area contributed by atoms with Gasteiger partial charge in [-0.05, 0) is 39.5 Å². The second kappa shape index (κ2) is 4.00. The van der Waals surface area contributed by atoms with E-state index in [4.69, 9.17) is 8.92 Å². The van der Waals surface area contributed by atoms with E-state index in [1.807, 2.05) is 0 Å². The van der Waals surface area contributed by atoms with Crippen LogP contribution in [0.5, 0.6) is 0 Å². The number of hydrogen-bond donors (Lipinski definition) is 0. The third kappa shape index (κ3) is 2.55. The molecule has 0 bridgehead atoms. The first-order chi connectivity index (χ1) is 7.38. The molecular weight excluding hydrogens is 230 g/mol. The minimum Gasteiger partial charge on any atom is -0.443 e. The monoisotopic (exact) mass is 247 g/mol. The Hall–Kier alpha value is -0.620. The van der Waals surface area contributed by atoms with Gasteiger partial charge < -0.3 is 4.74 Å². The molecular formula is C10H17NO4S. The second-order valence-electron chi connectivity index (χ2n) is 5.21. The molecule has 16 heavy (non-hydrogen) atoms. The number of hydrogen-bond acceptors (Lipinski definition) is 4. The van der Waals surface area contributed by atoms with Gasteiger partial charge in [0.1, 0.15) is 5.60 Å². The quantitative estimate of drug-likeness (QED) is 0.706. The van der Waals surface area contributed by atoms with E-state index in [9.17, 15) is 9.00 Å². The lowest BCUT2D eigenvalue weighted by molar-refractivity contribution is 0.0351. The van der Waals surface area contributed by atoms with Crippen molar-refractivity contribution in [2.45, 2.75) is 45.3 Å². The fourth-order valence-corrected chi connectivity index (χ4v) is 2.66. The molecule has 2 fully saturated rings. The topological polar surface area (TPSA) is 55.8 Å². The van der Waals surface area contributed by atoms with Crippen LogP contribution in [0, 0.1) is 5.92 Å². The van der Waals surface area contributed by atoms with Gasteiger partial charge in [-0.25, -0.2) is 9.00 Å². The molecule has 0 aromatic rings. The van der Waals surface area contributed by atoms with Crippen LogP contribution in [0.2, 0.25) is 0 Å². The Labute approximate surface area is 97.9 Å². The standard InChI is InChI=1S/C10H17NO4S/c1-10(2,3)15-9(12)11-8(7-4-5-7)6-14-16(11)13/h7-8H,4-6H2,1-3H3/t8-,16?/m0/s1. The SMILES string of the molecule is CC(C)(C)OC(=O)N1[C@H](C2CC2)COS1=O. The minimum atomic E-state index is -1.68. The summed E-state index contributed by atoms with van der Waals surface area (Å²) in [5.74, 6) is 0.430. The average Bonchev–Trinajstić information content (AvgIpc) is 2.87. The van der Waals surface area contributed by atoms with Gasteiger partial charge in [-0.2, -0.15) is 4.31 Å². The number of carbonyl (C=O) groups excluding carboxylic acids is 1. The summed E-state index contributed by atoms with van der Waals surface area (Å²) in [4.78, 5) is 11.8. The Morgan fingerprint density at radius 3 is 2.56 bits per heavy atom. The van der Waals surface area contributed by atoms with Crippen LogP contribution in [-0.2, 0) is 20.2 Å². The maximum atomic E-state index is 11.8. The first-order valence-electron chi connectivity index (χ1n) is 5.46. The molecule has 2 atom stereocenters. The average molecular weight is 247 g/mol. The molecule has 1 heterocycles. The van der Waals surface area contributed by atoms with Crippen LogP contribution in [0.4, 0.5) is 4.79 Å². The lowest BCUT2D eigenvalue weighted by Crippen LogP contribution is -2.41. The van der Waals surface area contributed by atoms with Gasteiger partial charge in [0.05, 0.1) is 12.6 Å². The van der Waals surface area contributed by atoms with Crippen LogP contribution in [0.15, 0.2) is 0 Å². The van der Waals surface area contributed by atoms with E-state index in [-0.39, 0.29) is 6.04 Å². The molecule has 0 N–H and O–H groups in total. The van der Waals surface area contributed by atoms with E-state index in [1.165, 1.54) is 4.31 Å². The highest BCUT2D eigenvalue weighted by Gasteiger charge is 2.46. The molecule has 1 aliphatic carbocycles. The molecule has 0 radical (unpaired) electrons. The molecule has 1 unspecified atom stereocenters. The summed E-state index contributed by atoms with van der Waals surface area (Å²) in [6, 6.07) is -0.0734. The molecule has 1 amide bonds. The lowest BCUT2D eigenvalue weighted by Gasteiger charge is -2.25. The minimum absolute atomic E-state index is 0.0734. The first-order valence-corrected chi connectivity index (χ1v) is 6.49. The van der Waals surface area contributed by atoms with E-state index in [2.05, 4.69) is 0 Å². The van der Waals surface area contributed by atoms with Gasteiger partial charge in [-0.1, -0.05) is 0 Å². The lowest BCUT2D eigenvalue weighted by atomic mass is 10.2. The van der Waals surface area contributed by atoms with Crippen molar-refractivity contribution < 1.29 is 17.9 Å². The Morgan fingerprint density at radius 1 is 1.44 bits per heavy atom. The zero-order valence-corrected chi connectivity index (χ0v) is 10.6. The molecule has 0 aromatic carbocycles. The fraction of sp³-hybridized carbons (Fsp3) is 0.900. The fourth-order valence-electron chi connectivity index (χ4n) is 1.67. The number of ether oxygens (including phenoxy) is 1. The van der Waals surface area contributed by atoms with E-state index >= 15 is 0 Å². The van der Waals surface area contributed by atoms with Crippen molar-refractivity contribution in [2.75, 3.05) is 6.61 Å². The first kappa shape index (κ1) is 11.9. The van der Waals surface area contributed by atoms with Gasteiger partial charge in [0.25, 0.3) is 11.3 Å². The maximum Gasteiger partial charge on any atom is 0.424 e. The van der Waals surface area contributed by atoms with Crippen molar-refractivity contribution in [3.8, 4) is 0 Å². The summed E-state index contributed by atoms with van der Waals surface area (Å²) in [5.41, 5.74) is -0.571. The number of carbonyl (C=O) groups is 1. The van der Waals surface area contributed by atoms with Crippen molar-refractivity contribution in [3.05, 3.63) is 0 Å². The third-order valence-corrected chi connectivity index (χ3v) is 3.62. The van der Waals surface area contributed by atoms with Crippen molar-refractivity contribution in [1.82, 2.24) is 4.31 Å². The van der Waals surface area contributed by atoms with Gasteiger partial charge in [-0.3, -0.25) is 4.18 Å². The highest BCUT2D eigenvalue weighted by atomic mass is 32.2. The molecule has 5 nitrogen and oxygen atoms in total. The van der Waals surface area contributed by atoms with Crippen LogP contribution in [0.1, 0.15) is 33.6 Å². The Morgan fingerprint density at radius 2 is 2.06 bits per heavy atom. The van der Waals surface area contributed by atoms with Gasteiger partial charge >= 0.3 is 6.09 Å². The number of nitrogens with zero attached hydrogens (tertiary/aromatic N) is 1. The summed E-state index contributed by atoms with van der Waals surface area (Å²) >= 11 is -1.68. The molecule has 6 heteroatoms. The molecule has 1 aliphatic heterocycles. The van der Waals surface area contributed by atoms with Crippen molar-refractivity contribution in [2.24, 2.45) is 5.92 Å². The van der Waals surface area contributed by atoms with Gasteiger partial charge in [-0.15, -0.1) is 0 Å². The van der Waals surface area contributed by atoms with Gasteiger partial charge in [0, 0.05) is 0 Å². The summed E-state index contributed by atoms with van der Waals surface area (Å²) in [7, 11) is 0. The van der Waals surface area contributed by atoms with E-state index < -0.39 is 23.0 Å². The second-order valence-corrected chi connectivity index (χ2v) is 6.28. The summed E-state index contributed by atoms with van der Waals surface area (Å²) < 4.78 is 23.0. The third-order valence-electron chi connectivity index (χ3n) is 2.54. The van der Waals surface area contributed by atoms with E-state index in [1.54, 1.807) is 20.8 Å². The zero-order chi connectivity index (χ0) is 11.9. The van der Waals surface area contributed by atoms with Crippen LogP contribution < -0.4 is 0 Å². The number of rotatable bonds is 1. The molecule has 1 saturated heterocycles. The molecule has 2 rings (SSSR count). The predicted molar refractivity (Wildman–Crippen MR) is 58.7 cm³/mol. The summed E-state index contributed by atoms with van der Waals surface area (Å²) in [5, 5.41) is 0. The van der Waals surface area contributed by atoms with E-state index in [0.717, 1.165) is 12.8 Å². The van der Waals surface area contributed by atoms with Crippen molar-refractivity contribution >= 4 is 17.4 Å². The Bertz CT molecular complexity index is 321. The Kier molecular flexibility index (Phi) is 2.96. The summed E-state index contributed by atoms with van der Waals surface area (Å²) in [6.07, 6.45) is 1.61. The zero-order valence-electron chi connectivity index (χ0n) is 9.76. The Balaban J connectivity index is 2.05. The van der Waals surface area contributed by atoms with Gasteiger partial charge in [0.15, 0.2) is 0 Å². The molecule has 0 spiro atoms. The predicted octanol–water partition coefficient (Wildman–Crippen LogP) is 1.61. The van der Waals surface area contributed by atoms with Crippen LogP contribution in [0.25, 0.3) is 0 Å². The van der Waals surface area contributed by atoms with E-state index in [0.29, 0.717) is 12.5 Å². The van der Waals surface area contributed by atoms with Crippen LogP contribution in [-0.4, -0.2) is 32.9 Å². The van der Waals surface area contributed by atoms with Gasteiger partial charge in [0.2, 0.25) is 0 Å². The maximum absolute atomic E-state index is 11.8. The molecule has 0 aromatic heterocycles. The van der Waals surface area contributed by atoms with Crippen molar-refractivity contribution in [1.29, 1.82) is 0 Å². The number of amides is 1. The largest absolute Gasteiger partial charge is 0.443 e. The summed E-state index contributed by atoms with van der Waals surface area (Å²) in [6.45, 7) is 5.72. The molecule has 2 aliphatic rings. The van der Waals surface area contributed by atoms with Crippen molar-refractivity contribution in [3.63, 3.8) is 0 Å². The highest BCUT2D eigenvalue weighted by Crippen LogP contribution is 2.39. The normalized spacial score (nSPS) is 30.6. The molecule has 1 saturated carbocycles. The highest BCUT2D eigenvalue weighted by molar-refractivity contribution is 7.78. The van der Waals surface area contributed by atoms with Crippen LogP contribution in [0.3, 0.4) is 0 Å².